The Morgan fingerprint density at radius 2 is 2.20 bits per heavy atom. The first-order chi connectivity index (χ1) is 7.00. The highest BCUT2D eigenvalue weighted by Gasteiger charge is 2.12. The Hall–Kier alpha value is -1.16. The van der Waals surface area contributed by atoms with Crippen LogP contribution in [-0.4, -0.2) is 12.4 Å². The number of carbonyl (C=O) groups excluding carboxylic acids is 1. The first-order valence-electron chi connectivity index (χ1n) is 4.22. The predicted molar refractivity (Wildman–Crippen MR) is 52.5 cm³/mol. The van der Waals surface area contributed by atoms with Gasteiger partial charge in [-0.25, -0.2) is 0 Å². The van der Waals surface area contributed by atoms with Gasteiger partial charge in [0.25, 0.3) is 0 Å². The number of hydrogen-bond donors (Lipinski definition) is 0. The van der Waals surface area contributed by atoms with E-state index in [9.17, 15) is 13.6 Å². The summed E-state index contributed by atoms with van der Waals surface area (Å²) in [5.41, 5.74) is 0.488. The molecule has 0 unspecified atom stereocenters. The van der Waals surface area contributed by atoms with Crippen molar-refractivity contribution in [1.82, 2.24) is 0 Å². The smallest absolute Gasteiger partial charge is 0.387 e. The molecule has 0 radical (unpaired) electrons. The van der Waals surface area contributed by atoms with Crippen LogP contribution in [0.3, 0.4) is 0 Å². The summed E-state index contributed by atoms with van der Waals surface area (Å²) in [4.78, 5) is 10.9. The van der Waals surface area contributed by atoms with E-state index in [1.165, 1.54) is 19.1 Å². The minimum Gasteiger partial charge on any atom is -0.433 e. The first-order valence-corrected chi connectivity index (χ1v) is 4.60. The van der Waals surface area contributed by atoms with Gasteiger partial charge in [0.05, 0.1) is 5.02 Å². The molecule has 0 aliphatic heterocycles. The van der Waals surface area contributed by atoms with Gasteiger partial charge in [0.1, 0.15) is 11.5 Å². The van der Waals surface area contributed by atoms with E-state index >= 15 is 0 Å². The van der Waals surface area contributed by atoms with E-state index in [0.717, 1.165) is 0 Å². The van der Waals surface area contributed by atoms with E-state index in [0.29, 0.717) is 5.56 Å². The maximum atomic E-state index is 11.9. The predicted octanol–water partition coefficient (Wildman–Crippen LogP) is 3.07. The molecule has 2 nitrogen and oxygen atoms in total. The normalized spacial score (nSPS) is 10.5. The number of halogens is 3. The van der Waals surface area contributed by atoms with E-state index in [-0.39, 0.29) is 23.0 Å². The number of rotatable bonds is 4. The summed E-state index contributed by atoms with van der Waals surface area (Å²) in [7, 11) is 0. The van der Waals surface area contributed by atoms with Crippen LogP contribution in [0.15, 0.2) is 18.2 Å². The molecular weight excluding hydrogens is 226 g/mol. The lowest BCUT2D eigenvalue weighted by molar-refractivity contribution is -0.116. The van der Waals surface area contributed by atoms with E-state index in [1.807, 2.05) is 0 Å². The molecule has 0 heterocycles. The van der Waals surface area contributed by atoms with Crippen LogP contribution >= 0.6 is 11.6 Å². The Balaban J connectivity index is 2.95. The summed E-state index contributed by atoms with van der Waals surface area (Å²) in [5, 5.41) is 0.0630. The SMILES string of the molecule is CC(=O)Cc1cccc(OC(F)F)c1Cl. The van der Waals surface area contributed by atoms with Gasteiger partial charge in [0, 0.05) is 6.42 Å². The maximum Gasteiger partial charge on any atom is 0.387 e. The molecule has 0 spiro atoms. The molecule has 0 N–H and O–H groups in total. The molecule has 5 heteroatoms. The van der Waals surface area contributed by atoms with Crippen LogP contribution < -0.4 is 4.74 Å². The second kappa shape index (κ2) is 5.07. The molecule has 0 atom stereocenters. The van der Waals surface area contributed by atoms with Gasteiger partial charge in [0.15, 0.2) is 0 Å². The fraction of sp³-hybridized carbons (Fsp3) is 0.300. The summed E-state index contributed by atoms with van der Waals surface area (Å²) < 4.78 is 28.1. The molecule has 82 valence electrons. The number of ether oxygens (including phenoxy) is 1. The lowest BCUT2D eigenvalue weighted by Gasteiger charge is -2.09. The van der Waals surface area contributed by atoms with Gasteiger partial charge in [0.2, 0.25) is 0 Å². The minimum absolute atomic E-state index is 0.0630. The Labute approximate surface area is 90.8 Å². The summed E-state index contributed by atoms with van der Waals surface area (Å²) in [6.45, 7) is -1.52. The second-order valence-corrected chi connectivity index (χ2v) is 3.36. The highest BCUT2D eigenvalue weighted by atomic mass is 35.5. The molecule has 0 saturated carbocycles. The van der Waals surface area contributed by atoms with E-state index in [2.05, 4.69) is 4.74 Å². The molecule has 0 fully saturated rings. The summed E-state index contributed by atoms with van der Waals surface area (Å²) in [5.74, 6) is -0.198. The monoisotopic (exact) mass is 234 g/mol. The lowest BCUT2D eigenvalue weighted by atomic mass is 10.1. The zero-order valence-corrected chi connectivity index (χ0v) is 8.72. The Morgan fingerprint density at radius 1 is 1.53 bits per heavy atom. The fourth-order valence-corrected chi connectivity index (χ4v) is 1.39. The van der Waals surface area contributed by atoms with Crippen molar-refractivity contribution < 1.29 is 18.3 Å². The van der Waals surface area contributed by atoms with E-state index in [1.54, 1.807) is 6.07 Å². The number of benzene rings is 1. The van der Waals surface area contributed by atoms with Gasteiger partial charge in [-0.05, 0) is 18.6 Å². The molecule has 0 bridgehead atoms. The molecule has 0 aliphatic rings. The fourth-order valence-electron chi connectivity index (χ4n) is 1.15. The number of hydrogen-bond acceptors (Lipinski definition) is 2. The third-order valence-electron chi connectivity index (χ3n) is 1.70. The van der Waals surface area contributed by atoms with Crippen LogP contribution in [0.2, 0.25) is 5.02 Å². The van der Waals surface area contributed by atoms with Crippen molar-refractivity contribution in [1.29, 1.82) is 0 Å². The van der Waals surface area contributed by atoms with Gasteiger partial charge < -0.3 is 4.74 Å². The largest absolute Gasteiger partial charge is 0.433 e. The Morgan fingerprint density at radius 3 is 2.73 bits per heavy atom. The Bertz CT molecular complexity index is 366. The van der Waals surface area contributed by atoms with Crippen molar-refractivity contribution in [2.45, 2.75) is 20.0 Å². The number of Topliss-reactive ketones (excluding diaryl/α,β-unsaturated/α-hetero) is 1. The van der Waals surface area contributed by atoms with Crippen LogP contribution in [0.5, 0.6) is 5.75 Å². The molecule has 1 rings (SSSR count). The average Bonchev–Trinajstić information content (AvgIpc) is 2.10. The van der Waals surface area contributed by atoms with Gasteiger partial charge in [-0.15, -0.1) is 0 Å². The van der Waals surface area contributed by atoms with Crippen molar-refractivity contribution in [3.63, 3.8) is 0 Å². The number of ketones is 1. The zero-order chi connectivity index (χ0) is 11.4. The van der Waals surface area contributed by atoms with Gasteiger partial charge >= 0.3 is 6.61 Å². The van der Waals surface area contributed by atoms with Crippen molar-refractivity contribution in [3.05, 3.63) is 28.8 Å². The van der Waals surface area contributed by atoms with Crippen LogP contribution in [0.4, 0.5) is 8.78 Å². The maximum absolute atomic E-state index is 11.9. The first kappa shape index (κ1) is 11.9. The summed E-state index contributed by atoms with van der Waals surface area (Å²) >= 11 is 5.79. The zero-order valence-electron chi connectivity index (χ0n) is 7.97. The van der Waals surface area contributed by atoms with Crippen LogP contribution in [0.25, 0.3) is 0 Å². The van der Waals surface area contributed by atoms with Crippen LogP contribution in [-0.2, 0) is 11.2 Å². The number of alkyl halides is 2. The van der Waals surface area contributed by atoms with Gasteiger partial charge in [-0.2, -0.15) is 8.78 Å². The molecule has 0 saturated heterocycles. The third-order valence-corrected chi connectivity index (χ3v) is 2.13. The molecule has 15 heavy (non-hydrogen) atoms. The van der Waals surface area contributed by atoms with Crippen molar-refractivity contribution >= 4 is 17.4 Å². The van der Waals surface area contributed by atoms with Crippen molar-refractivity contribution in [3.8, 4) is 5.75 Å². The summed E-state index contributed by atoms with van der Waals surface area (Å²) in [6, 6.07) is 4.45. The van der Waals surface area contributed by atoms with E-state index < -0.39 is 6.61 Å². The quantitative estimate of drug-likeness (QED) is 0.800. The van der Waals surface area contributed by atoms with Crippen LogP contribution in [0.1, 0.15) is 12.5 Å². The molecule has 0 aromatic heterocycles. The molecule has 0 aliphatic carbocycles. The molecule has 1 aromatic carbocycles. The number of carbonyl (C=O) groups is 1. The minimum atomic E-state index is -2.92. The molecule has 1 aromatic rings. The molecular formula is C10H9ClF2O2. The van der Waals surface area contributed by atoms with E-state index in [4.69, 9.17) is 11.6 Å². The standard InChI is InChI=1S/C10H9ClF2O2/c1-6(14)5-7-3-2-4-8(9(7)11)15-10(12)13/h2-4,10H,5H2,1H3. The highest BCUT2D eigenvalue weighted by Crippen LogP contribution is 2.29. The average molecular weight is 235 g/mol. The van der Waals surface area contributed by atoms with Crippen molar-refractivity contribution in [2.24, 2.45) is 0 Å². The second-order valence-electron chi connectivity index (χ2n) is 2.99. The highest BCUT2D eigenvalue weighted by molar-refractivity contribution is 6.33. The molecule has 0 amide bonds. The summed E-state index contributed by atoms with van der Waals surface area (Å²) in [6.07, 6.45) is 0.110. The third kappa shape index (κ3) is 3.47. The Kier molecular flexibility index (Phi) is 4.03. The van der Waals surface area contributed by atoms with Gasteiger partial charge in [-0.3, -0.25) is 4.79 Å². The van der Waals surface area contributed by atoms with Crippen LogP contribution in [0, 0.1) is 0 Å². The lowest BCUT2D eigenvalue weighted by Crippen LogP contribution is -2.04. The van der Waals surface area contributed by atoms with Crippen molar-refractivity contribution in [2.75, 3.05) is 0 Å². The topological polar surface area (TPSA) is 26.3 Å². The van der Waals surface area contributed by atoms with Gasteiger partial charge in [-0.1, -0.05) is 23.7 Å².